The van der Waals surface area contributed by atoms with Crippen molar-refractivity contribution in [1.82, 2.24) is 4.98 Å². The number of halogens is 4. The number of aromatic nitrogens is 1. The van der Waals surface area contributed by atoms with Crippen LogP contribution in [0.3, 0.4) is 0 Å². The van der Waals surface area contributed by atoms with Crippen LogP contribution in [0.4, 0.5) is 13.2 Å². The molecule has 1 aromatic rings. The Kier molecular flexibility index (Phi) is 3.71. The molecule has 0 saturated carbocycles. The molecular weight excluding hydrogens is 219 g/mol. The van der Waals surface area contributed by atoms with Gasteiger partial charge in [0, 0.05) is 5.56 Å². The Labute approximate surface area is 83.3 Å². The summed E-state index contributed by atoms with van der Waals surface area (Å²) in [5, 5.41) is 8.68. The van der Waals surface area contributed by atoms with Crippen LogP contribution in [0.5, 0.6) is 0 Å². The fourth-order valence-corrected chi connectivity index (χ4v) is 1.18. The zero-order valence-corrected chi connectivity index (χ0v) is 7.73. The Morgan fingerprint density at radius 3 is 2.57 bits per heavy atom. The molecule has 0 aromatic carbocycles. The highest BCUT2D eigenvalue weighted by molar-refractivity contribution is 6.16. The van der Waals surface area contributed by atoms with Gasteiger partial charge in [0.2, 0.25) is 0 Å². The predicted octanol–water partition coefficient (Wildman–Crippen LogP) is 2.39. The van der Waals surface area contributed by atoms with Crippen LogP contribution in [-0.2, 0) is 12.5 Å². The standard InChI is InChI=1S/C8H7ClF3NO/c9-2-6-5(10)1-4(3-14)7(13-6)8(11)12/h1,8,14H,2-3H2. The summed E-state index contributed by atoms with van der Waals surface area (Å²) in [7, 11) is 0. The van der Waals surface area contributed by atoms with Crippen molar-refractivity contribution in [2.45, 2.75) is 18.9 Å². The van der Waals surface area contributed by atoms with Crippen molar-refractivity contribution in [3.8, 4) is 0 Å². The lowest BCUT2D eigenvalue weighted by Crippen LogP contribution is -2.04. The Morgan fingerprint density at radius 2 is 2.14 bits per heavy atom. The van der Waals surface area contributed by atoms with Gasteiger partial charge in [0.05, 0.1) is 18.2 Å². The number of aliphatic hydroxyl groups is 1. The van der Waals surface area contributed by atoms with E-state index >= 15 is 0 Å². The highest BCUT2D eigenvalue weighted by Crippen LogP contribution is 2.23. The van der Waals surface area contributed by atoms with Crippen molar-refractivity contribution < 1.29 is 18.3 Å². The zero-order chi connectivity index (χ0) is 10.7. The minimum absolute atomic E-state index is 0.216. The largest absolute Gasteiger partial charge is 0.392 e. The van der Waals surface area contributed by atoms with Gasteiger partial charge < -0.3 is 5.11 Å². The van der Waals surface area contributed by atoms with E-state index in [1.54, 1.807) is 0 Å². The quantitative estimate of drug-likeness (QED) is 0.802. The van der Waals surface area contributed by atoms with Crippen molar-refractivity contribution in [1.29, 1.82) is 0 Å². The smallest absolute Gasteiger partial charge is 0.280 e. The molecular formula is C8H7ClF3NO. The van der Waals surface area contributed by atoms with Crippen LogP contribution in [0.1, 0.15) is 23.4 Å². The minimum atomic E-state index is -2.85. The first-order chi connectivity index (χ1) is 6.60. The third kappa shape index (κ3) is 2.16. The monoisotopic (exact) mass is 225 g/mol. The highest BCUT2D eigenvalue weighted by atomic mass is 35.5. The fraction of sp³-hybridized carbons (Fsp3) is 0.375. The second-order valence-corrected chi connectivity index (χ2v) is 2.82. The average Bonchev–Trinajstić information content (AvgIpc) is 2.16. The molecule has 1 N–H and O–H groups in total. The lowest BCUT2D eigenvalue weighted by Gasteiger charge is -2.07. The molecule has 0 atom stereocenters. The number of hydrogen-bond acceptors (Lipinski definition) is 2. The summed E-state index contributed by atoms with van der Waals surface area (Å²) in [6.45, 7) is -0.674. The first-order valence-corrected chi connectivity index (χ1v) is 4.26. The fourth-order valence-electron chi connectivity index (χ4n) is 0.990. The summed E-state index contributed by atoms with van der Waals surface area (Å²) < 4.78 is 37.6. The maximum absolute atomic E-state index is 13.0. The molecule has 78 valence electrons. The van der Waals surface area contributed by atoms with Crippen molar-refractivity contribution in [2.75, 3.05) is 0 Å². The lowest BCUT2D eigenvalue weighted by molar-refractivity contribution is 0.141. The first kappa shape index (κ1) is 11.3. The first-order valence-electron chi connectivity index (χ1n) is 3.73. The van der Waals surface area contributed by atoms with Gasteiger partial charge in [-0.15, -0.1) is 11.6 Å². The van der Waals surface area contributed by atoms with Gasteiger partial charge in [0.25, 0.3) is 6.43 Å². The van der Waals surface area contributed by atoms with Crippen molar-refractivity contribution in [3.05, 3.63) is 28.8 Å². The van der Waals surface area contributed by atoms with Gasteiger partial charge in [0.15, 0.2) is 0 Å². The summed E-state index contributed by atoms with van der Waals surface area (Å²) in [5.41, 5.74) is -1.07. The third-order valence-corrected chi connectivity index (χ3v) is 1.92. The molecule has 0 aliphatic carbocycles. The van der Waals surface area contributed by atoms with Crippen molar-refractivity contribution >= 4 is 11.6 Å². The van der Waals surface area contributed by atoms with Crippen molar-refractivity contribution in [3.63, 3.8) is 0 Å². The summed E-state index contributed by atoms with van der Waals surface area (Å²) in [4.78, 5) is 3.34. The van der Waals surface area contributed by atoms with E-state index in [1.165, 1.54) is 0 Å². The van der Waals surface area contributed by atoms with Crippen LogP contribution in [0.2, 0.25) is 0 Å². The molecule has 0 spiro atoms. The molecule has 0 saturated heterocycles. The second kappa shape index (κ2) is 4.61. The van der Waals surface area contributed by atoms with Crippen molar-refractivity contribution in [2.24, 2.45) is 0 Å². The summed E-state index contributed by atoms with van der Waals surface area (Å²) in [5.74, 6) is -1.06. The highest BCUT2D eigenvalue weighted by Gasteiger charge is 2.17. The maximum atomic E-state index is 13.0. The Bertz CT molecular complexity index is 333. The van der Waals surface area contributed by atoms with Gasteiger partial charge in [-0.05, 0) is 6.07 Å². The van der Waals surface area contributed by atoms with Gasteiger partial charge in [-0.1, -0.05) is 0 Å². The van der Waals surface area contributed by atoms with E-state index in [-0.39, 0.29) is 17.1 Å². The predicted molar refractivity (Wildman–Crippen MR) is 44.6 cm³/mol. The topological polar surface area (TPSA) is 33.1 Å². The van der Waals surface area contributed by atoms with Crippen LogP contribution in [0, 0.1) is 5.82 Å². The molecule has 1 heterocycles. The molecule has 0 radical (unpaired) electrons. The normalized spacial score (nSPS) is 11.0. The van der Waals surface area contributed by atoms with Crippen LogP contribution >= 0.6 is 11.6 Å². The lowest BCUT2D eigenvalue weighted by atomic mass is 10.2. The SMILES string of the molecule is OCc1cc(F)c(CCl)nc1C(F)F. The number of hydrogen-bond donors (Lipinski definition) is 1. The summed E-state index contributed by atoms with van der Waals surface area (Å²) in [6, 6.07) is 0.826. The number of alkyl halides is 3. The van der Waals surface area contributed by atoms with Crippen LogP contribution in [-0.4, -0.2) is 10.1 Å². The number of rotatable bonds is 3. The van der Waals surface area contributed by atoms with E-state index in [4.69, 9.17) is 16.7 Å². The van der Waals surface area contributed by atoms with Crippen LogP contribution < -0.4 is 0 Å². The van der Waals surface area contributed by atoms with Gasteiger partial charge in [0.1, 0.15) is 11.5 Å². The second-order valence-electron chi connectivity index (χ2n) is 2.55. The molecule has 2 nitrogen and oxygen atoms in total. The van der Waals surface area contributed by atoms with Gasteiger partial charge in [-0.3, -0.25) is 0 Å². The van der Waals surface area contributed by atoms with Crippen LogP contribution in [0.25, 0.3) is 0 Å². The van der Waals surface area contributed by atoms with E-state index in [2.05, 4.69) is 4.98 Å². The molecule has 0 aliphatic rings. The average molecular weight is 226 g/mol. The molecule has 1 aromatic heterocycles. The zero-order valence-electron chi connectivity index (χ0n) is 6.98. The molecule has 14 heavy (non-hydrogen) atoms. The molecule has 0 fully saturated rings. The Balaban J connectivity index is 3.25. The van der Waals surface area contributed by atoms with Crippen LogP contribution in [0.15, 0.2) is 6.07 Å². The maximum Gasteiger partial charge on any atom is 0.280 e. The molecule has 0 amide bonds. The number of aliphatic hydroxyl groups excluding tert-OH is 1. The van der Waals surface area contributed by atoms with Gasteiger partial charge in [-0.25, -0.2) is 18.2 Å². The van der Waals surface area contributed by atoms with E-state index < -0.39 is 24.5 Å². The molecule has 1 rings (SSSR count). The van der Waals surface area contributed by atoms with E-state index in [1.807, 2.05) is 0 Å². The third-order valence-electron chi connectivity index (χ3n) is 1.66. The molecule has 6 heteroatoms. The molecule has 0 bridgehead atoms. The van der Waals surface area contributed by atoms with E-state index in [9.17, 15) is 13.2 Å². The Morgan fingerprint density at radius 1 is 1.50 bits per heavy atom. The van der Waals surface area contributed by atoms with E-state index in [0.717, 1.165) is 6.07 Å². The Hall–Kier alpha value is -0.810. The van der Waals surface area contributed by atoms with Gasteiger partial charge in [-0.2, -0.15) is 0 Å². The summed E-state index contributed by atoms with van der Waals surface area (Å²) in [6.07, 6.45) is -2.85. The molecule has 0 unspecified atom stereocenters. The molecule has 0 aliphatic heterocycles. The van der Waals surface area contributed by atoms with E-state index in [0.29, 0.717) is 0 Å². The number of pyridine rings is 1. The summed E-state index contributed by atoms with van der Waals surface area (Å²) >= 11 is 5.29. The number of nitrogens with zero attached hydrogens (tertiary/aromatic N) is 1. The minimum Gasteiger partial charge on any atom is -0.392 e. The van der Waals surface area contributed by atoms with Gasteiger partial charge >= 0.3 is 0 Å².